The molecule has 0 N–H and O–H groups in total. The van der Waals surface area contributed by atoms with E-state index in [9.17, 15) is 4.39 Å². The predicted octanol–water partition coefficient (Wildman–Crippen LogP) is 7.68. The maximum atomic E-state index is 14.9. The molecule has 0 bridgehead atoms. The Morgan fingerprint density at radius 1 is 0.625 bits per heavy atom. The molecular formula is C31H29F. The van der Waals surface area contributed by atoms with Crippen LogP contribution in [0.4, 0.5) is 4.39 Å². The molecule has 0 aliphatic heterocycles. The van der Waals surface area contributed by atoms with Gasteiger partial charge in [0.25, 0.3) is 0 Å². The first-order valence-corrected chi connectivity index (χ1v) is 11.6. The molecule has 0 fully saturated rings. The van der Waals surface area contributed by atoms with Crippen LogP contribution in [-0.4, -0.2) is 0 Å². The molecule has 160 valence electrons. The first-order chi connectivity index (χ1) is 15.7. The molecule has 4 aromatic rings. The van der Waals surface area contributed by atoms with Gasteiger partial charge in [0, 0.05) is 10.9 Å². The van der Waals surface area contributed by atoms with Crippen molar-refractivity contribution in [2.75, 3.05) is 0 Å². The molecule has 0 nitrogen and oxygen atoms in total. The fourth-order valence-corrected chi connectivity index (χ4v) is 4.00. The molecule has 0 aliphatic rings. The Morgan fingerprint density at radius 3 is 1.84 bits per heavy atom. The fraction of sp³-hybridized carbons (Fsp3) is 0.226. The SMILES string of the molecule is CCCc1ccc(CCc2ccc(C#Cc3ccc4cc(CC)ccc4c3F)cc2)cc1. The average molecular weight is 421 g/mol. The van der Waals surface area contributed by atoms with E-state index >= 15 is 0 Å². The van der Waals surface area contributed by atoms with Crippen LogP contribution in [0, 0.1) is 17.7 Å². The second-order valence-corrected chi connectivity index (χ2v) is 8.35. The number of rotatable bonds is 6. The molecule has 0 aliphatic carbocycles. The van der Waals surface area contributed by atoms with Crippen LogP contribution in [0.3, 0.4) is 0 Å². The van der Waals surface area contributed by atoms with Crippen molar-refractivity contribution in [3.63, 3.8) is 0 Å². The van der Waals surface area contributed by atoms with E-state index in [0.29, 0.717) is 10.9 Å². The van der Waals surface area contributed by atoms with E-state index in [0.717, 1.165) is 36.6 Å². The van der Waals surface area contributed by atoms with Crippen molar-refractivity contribution >= 4 is 10.8 Å². The highest BCUT2D eigenvalue weighted by atomic mass is 19.1. The van der Waals surface area contributed by atoms with Crippen molar-refractivity contribution in [1.82, 2.24) is 0 Å². The monoisotopic (exact) mass is 420 g/mol. The molecular weight excluding hydrogens is 391 g/mol. The molecule has 0 aromatic heterocycles. The van der Waals surface area contributed by atoms with Crippen molar-refractivity contribution in [2.24, 2.45) is 0 Å². The first-order valence-electron chi connectivity index (χ1n) is 11.6. The third-order valence-electron chi connectivity index (χ3n) is 5.99. The van der Waals surface area contributed by atoms with E-state index in [4.69, 9.17) is 0 Å². The van der Waals surface area contributed by atoms with Gasteiger partial charge in [-0.15, -0.1) is 0 Å². The maximum absolute atomic E-state index is 14.9. The molecule has 4 aromatic carbocycles. The van der Waals surface area contributed by atoms with Gasteiger partial charge in [0.05, 0.1) is 5.56 Å². The van der Waals surface area contributed by atoms with Gasteiger partial charge in [-0.1, -0.05) is 92.8 Å². The van der Waals surface area contributed by atoms with E-state index in [1.54, 1.807) is 6.07 Å². The molecule has 1 heteroatoms. The highest BCUT2D eigenvalue weighted by Crippen LogP contribution is 2.22. The van der Waals surface area contributed by atoms with Crippen molar-refractivity contribution in [3.8, 4) is 11.8 Å². The highest BCUT2D eigenvalue weighted by molar-refractivity contribution is 5.85. The zero-order valence-electron chi connectivity index (χ0n) is 18.9. The van der Waals surface area contributed by atoms with E-state index < -0.39 is 0 Å². The van der Waals surface area contributed by atoms with E-state index in [1.165, 1.54) is 28.7 Å². The highest BCUT2D eigenvalue weighted by Gasteiger charge is 2.06. The van der Waals surface area contributed by atoms with Gasteiger partial charge in [0.15, 0.2) is 0 Å². The van der Waals surface area contributed by atoms with Crippen molar-refractivity contribution in [3.05, 3.63) is 118 Å². The van der Waals surface area contributed by atoms with E-state index in [2.05, 4.69) is 62.1 Å². The lowest BCUT2D eigenvalue weighted by Crippen LogP contribution is -1.92. The van der Waals surface area contributed by atoms with Gasteiger partial charge < -0.3 is 0 Å². The van der Waals surface area contributed by atoms with Crippen molar-refractivity contribution in [1.29, 1.82) is 0 Å². The minimum atomic E-state index is -0.237. The minimum absolute atomic E-state index is 0.237. The fourth-order valence-electron chi connectivity index (χ4n) is 4.00. The van der Waals surface area contributed by atoms with Crippen molar-refractivity contribution < 1.29 is 4.39 Å². The summed E-state index contributed by atoms with van der Waals surface area (Å²) in [5.41, 5.74) is 6.62. The summed E-state index contributed by atoms with van der Waals surface area (Å²) in [5.74, 6) is 5.90. The van der Waals surface area contributed by atoms with Crippen LogP contribution in [0.2, 0.25) is 0 Å². The standard InChI is InChI=1S/C31H29F/c1-3-5-24-6-8-25(9-7-24)10-11-26-12-14-27(15-13-26)16-18-28-19-20-29-22-23(4-2)17-21-30(29)31(28)32/h6-9,12-15,17,19-22H,3-5,10-11H2,1-2H3. The summed E-state index contributed by atoms with van der Waals surface area (Å²) in [6.07, 6.45) is 5.30. The molecule has 0 radical (unpaired) electrons. The Labute approximate surface area is 191 Å². The quantitative estimate of drug-likeness (QED) is 0.281. The Hall–Kier alpha value is -3.37. The number of hydrogen-bond donors (Lipinski definition) is 0. The van der Waals surface area contributed by atoms with Crippen molar-refractivity contribution in [2.45, 2.75) is 46.0 Å². The summed E-state index contributed by atoms with van der Waals surface area (Å²) in [4.78, 5) is 0. The predicted molar refractivity (Wildman–Crippen MR) is 134 cm³/mol. The Kier molecular flexibility index (Phi) is 7.03. The van der Waals surface area contributed by atoms with Gasteiger partial charge in [-0.3, -0.25) is 0 Å². The van der Waals surface area contributed by atoms with Crippen LogP contribution in [0.5, 0.6) is 0 Å². The Bertz CT molecular complexity index is 1250. The smallest absolute Gasteiger partial charge is 0.146 e. The molecule has 0 unspecified atom stereocenters. The third-order valence-corrected chi connectivity index (χ3v) is 5.99. The van der Waals surface area contributed by atoms with Crippen LogP contribution in [0.1, 0.15) is 53.6 Å². The summed E-state index contributed by atoms with van der Waals surface area (Å²) < 4.78 is 14.9. The molecule has 0 atom stereocenters. The zero-order valence-corrected chi connectivity index (χ0v) is 18.9. The summed E-state index contributed by atoms with van der Waals surface area (Å²) in [6.45, 7) is 4.31. The van der Waals surface area contributed by atoms with Gasteiger partial charge in [0.2, 0.25) is 0 Å². The lowest BCUT2D eigenvalue weighted by atomic mass is 10.0. The summed E-state index contributed by atoms with van der Waals surface area (Å²) >= 11 is 0. The summed E-state index contributed by atoms with van der Waals surface area (Å²) in [6, 6.07) is 26.9. The second-order valence-electron chi connectivity index (χ2n) is 8.35. The number of benzene rings is 4. The van der Waals surface area contributed by atoms with Gasteiger partial charge >= 0.3 is 0 Å². The molecule has 4 rings (SSSR count). The molecule has 0 heterocycles. The Balaban J connectivity index is 1.42. The zero-order chi connectivity index (χ0) is 22.3. The Morgan fingerprint density at radius 2 is 1.22 bits per heavy atom. The van der Waals surface area contributed by atoms with Gasteiger partial charge in [0.1, 0.15) is 5.82 Å². The number of fused-ring (bicyclic) bond motifs is 1. The van der Waals surface area contributed by atoms with E-state index in [-0.39, 0.29) is 5.82 Å². The molecule has 32 heavy (non-hydrogen) atoms. The maximum Gasteiger partial charge on any atom is 0.146 e. The first kappa shape index (κ1) is 21.8. The number of hydrogen-bond acceptors (Lipinski definition) is 0. The van der Waals surface area contributed by atoms with Crippen LogP contribution < -0.4 is 0 Å². The molecule has 0 saturated carbocycles. The second kappa shape index (κ2) is 10.3. The van der Waals surface area contributed by atoms with Gasteiger partial charge in [-0.25, -0.2) is 4.39 Å². The summed E-state index contributed by atoms with van der Waals surface area (Å²) in [5, 5.41) is 1.56. The largest absolute Gasteiger partial charge is 0.205 e. The average Bonchev–Trinajstić information content (AvgIpc) is 2.84. The lowest BCUT2D eigenvalue weighted by Gasteiger charge is -2.05. The van der Waals surface area contributed by atoms with Gasteiger partial charge in [-0.05, 0) is 71.5 Å². The number of aryl methyl sites for hydroxylation is 4. The van der Waals surface area contributed by atoms with E-state index in [1.807, 2.05) is 36.4 Å². The molecule has 0 spiro atoms. The third kappa shape index (κ3) is 5.27. The minimum Gasteiger partial charge on any atom is -0.205 e. The van der Waals surface area contributed by atoms with Crippen LogP contribution in [0.15, 0.2) is 78.9 Å². The van der Waals surface area contributed by atoms with Crippen LogP contribution in [0.25, 0.3) is 10.8 Å². The lowest BCUT2D eigenvalue weighted by molar-refractivity contribution is 0.636. The molecule has 0 saturated heterocycles. The topological polar surface area (TPSA) is 0 Å². The van der Waals surface area contributed by atoms with Gasteiger partial charge in [-0.2, -0.15) is 0 Å². The number of halogens is 1. The normalized spacial score (nSPS) is 10.7. The van der Waals surface area contributed by atoms with Crippen LogP contribution >= 0.6 is 0 Å². The molecule has 0 amide bonds. The summed E-state index contributed by atoms with van der Waals surface area (Å²) in [7, 11) is 0. The van der Waals surface area contributed by atoms with Crippen LogP contribution in [-0.2, 0) is 25.7 Å².